The summed E-state index contributed by atoms with van der Waals surface area (Å²) in [6.07, 6.45) is 3.12. The third kappa shape index (κ3) is 3.13. The molecule has 5 nitrogen and oxygen atoms in total. The lowest BCUT2D eigenvalue weighted by Crippen LogP contribution is -2.27. The van der Waals surface area contributed by atoms with E-state index in [1.54, 1.807) is 0 Å². The molecule has 0 unspecified atom stereocenters. The summed E-state index contributed by atoms with van der Waals surface area (Å²) in [6.45, 7) is 4.70. The van der Waals surface area contributed by atoms with Gasteiger partial charge in [0.25, 0.3) is 0 Å². The van der Waals surface area contributed by atoms with Gasteiger partial charge in [-0.15, -0.1) is 0 Å². The smallest absolute Gasteiger partial charge is 0.224 e. The van der Waals surface area contributed by atoms with E-state index in [0.29, 0.717) is 13.0 Å². The number of carbonyl (C=O) groups excluding carboxylic acids is 1. The molecule has 3 rings (SSSR count). The molecule has 2 heterocycles. The summed E-state index contributed by atoms with van der Waals surface area (Å²) in [7, 11) is 1.95. The fourth-order valence-corrected chi connectivity index (χ4v) is 3.02. The van der Waals surface area contributed by atoms with E-state index in [4.69, 9.17) is 0 Å². The molecule has 120 valence electrons. The van der Waals surface area contributed by atoms with Crippen molar-refractivity contribution in [1.82, 2.24) is 20.1 Å². The van der Waals surface area contributed by atoms with E-state index >= 15 is 0 Å². The molecular weight excluding hydrogens is 288 g/mol. The monoisotopic (exact) mass is 310 g/mol. The number of para-hydroxylation sites is 1. The van der Waals surface area contributed by atoms with Crippen LogP contribution in [0.3, 0.4) is 0 Å². The number of hydrogen-bond acceptors (Lipinski definition) is 2. The van der Waals surface area contributed by atoms with Crippen LogP contribution < -0.4 is 5.32 Å². The molecule has 0 bridgehead atoms. The first-order chi connectivity index (χ1) is 11.1. The molecule has 23 heavy (non-hydrogen) atoms. The lowest BCUT2D eigenvalue weighted by molar-refractivity contribution is -0.120. The van der Waals surface area contributed by atoms with Crippen molar-refractivity contribution in [2.75, 3.05) is 6.54 Å². The minimum absolute atomic E-state index is 0.0500. The third-order valence-electron chi connectivity index (χ3n) is 4.38. The second kappa shape index (κ2) is 6.28. The summed E-state index contributed by atoms with van der Waals surface area (Å²) >= 11 is 0. The maximum Gasteiger partial charge on any atom is 0.224 e. The number of nitrogens with one attached hydrogen (secondary N) is 2. The molecule has 0 saturated heterocycles. The van der Waals surface area contributed by atoms with Crippen molar-refractivity contribution in [3.8, 4) is 0 Å². The lowest BCUT2D eigenvalue weighted by atomic mass is 10.1. The van der Waals surface area contributed by atoms with Gasteiger partial charge in [-0.3, -0.25) is 9.48 Å². The molecular formula is C18H22N4O. The summed E-state index contributed by atoms with van der Waals surface area (Å²) in [5.41, 5.74) is 5.52. The van der Waals surface area contributed by atoms with Crippen molar-refractivity contribution in [1.29, 1.82) is 0 Å². The zero-order valence-electron chi connectivity index (χ0n) is 13.8. The Morgan fingerprint density at radius 2 is 2.09 bits per heavy atom. The molecule has 1 amide bonds. The Kier molecular flexibility index (Phi) is 4.19. The molecule has 1 aromatic carbocycles. The van der Waals surface area contributed by atoms with Crippen molar-refractivity contribution in [2.45, 2.75) is 26.7 Å². The quantitative estimate of drug-likeness (QED) is 0.760. The Morgan fingerprint density at radius 1 is 1.30 bits per heavy atom. The molecule has 0 fully saturated rings. The Bertz CT molecular complexity index is 844. The number of H-pyrrole nitrogens is 1. The van der Waals surface area contributed by atoms with Gasteiger partial charge < -0.3 is 10.3 Å². The van der Waals surface area contributed by atoms with E-state index in [1.165, 1.54) is 5.56 Å². The SMILES string of the molecule is Cc1nn(C)c(C)c1CCNC(=O)Cc1c[nH]c2ccccc12. The van der Waals surface area contributed by atoms with Gasteiger partial charge in [0.1, 0.15) is 0 Å². The second-order valence-corrected chi connectivity index (χ2v) is 5.91. The molecule has 0 radical (unpaired) electrons. The van der Waals surface area contributed by atoms with E-state index in [1.807, 2.05) is 49.1 Å². The van der Waals surface area contributed by atoms with Crippen LogP contribution in [0.15, 0.2) is 30.5 Å². The van der Waals surface area contributed by atoms with Crippen LogP contribution in [0, 0.1) is 13.8 Å². The number of amides is 1. The average molecular weight is 310 g/mol. The molecule has 0 atom stereocenters. The number of benzene rings is 1. The first kappa shape index (κ1) is 15.3. The Labute approximate surface area is 135 Å². The highest BCUT2D eigenvalue weighted by Crippen LogP contribution is 2.18. The van der Waals surface area contributed by atoms with Crippen LogP contribution in [0.5, 0.6) is 0 Å². The number of hydrogen-bond donors (Lipinski definition) is 2. The number of aromatic nitrogens is 3. The molecule has 3 aromatic rings. The standard InChI is InChI=1S/C18H22N4O/c1-12-15(13(2)22(3)21-12)8-9-19-18(23)10-14-11-20-17-7-5-4-6-16(14)17/h4-7,11,20H,8-10H2,1-3H3,(H,19,23). The van der Waals surface area contributed by atoms with Gasteiger partial charge in [0.05, 0.1) is 12.1 Å². The molecule has 0 aliphatic carbocycles. The zero-order chi connectivity index (χ0) is 16.4. The normalized spacial score (nSPS) is 11.1. The molecule has 2 N–H and O–H groups in total. The molecule has 0 spiro atoms. The highest BCUT2D eigenvalue weighted by Gasteiger charge is 2.11. The van der Waals surface area contributed by atoms with Gasteiger partial charge in [-0.1, -0.05) is 18.2 Å². The van der Waals surface area contributed by atoms with Gasteiger partial charge in [-0.05, 0) is 37.5 Å². The molecule has 0 aliphatic rings. The third-order valence-corrected chi connectivity index (χ3v) is 4.38. The average Bonchev–Trinajstić information content (AvgIpc) is 3.03. The topological polar surface area (TPSA) is 62.7 Å². The fraction of sp³-hybridized carbons (Fsp3) is 0.333. The number of nitrogens with zero attached hydrogens (tertiary/aromatic N) is 2. The molecule has 5 heteroatoms. The van der Waals surface area contributed by atoms with E-state index in [-0.39, 0.29) is 5.91 Å². The number of fused-ring (bicyclic) bond motifs is 1. The summed E-state index contributed by atoms with van der Waals surface area (Å²) in [6, 6.07) is 8.04. The van der Waals surface area contributed by atoms with E-state index in [0.717, 1.165) is 34.3 Å². The van der Waals surface area contributed by atoms with E-state index in [9.17, 15) is 4.79 Å². The summed E-state index contributed by atoms with van der Waals surface area (Å²) in [5.74, 6) is 0.0500. The number of aryl methyl sites for hydroxylation is 2. The van der Waals surface area contributed by atoms with Crippen molar-refractivity contribution < 1.29 is 4.79 Å². The second-order valence-electron chi connectivity index (χ2n) is 5.91. The largest absolute Gasteiger partial charge is 0.361 e. The number of carbonyl (C=O) groups is 1. The van der Waals surface area contributed by atoms with Crippen LogP contribution in [0.1, 0.15) is 22.5 Å². The minimum Gasteiger partial charge on any atom is -0.361 e. The summed E-state index contributed by atoms with van der Waals surface area (Å²) in [5, 5.41) is 8.52. The van der Waals surface area contributed by atoms with Crippen LogP contribution in [-0.2, 0) is 24.7 Å². The van der Waals surface area contributed by atoms with Crippen LogP contribution in [-0.4, -0.2) is 27.2 Å². The highest BCUT2D eigenvalue weighted by atomic mass is 16.1. The first-order valence-electron chi connectivity index (χ1n) is 7.87. The molecule has 0 aliphatic heterocycles. The predicted molar refractivity (Wildman–Crippen MR) is 91.4 cm³/mol. The van der Waals surface area contributed by atoms with Crippen LogP contribution in [0.25, 0.3) is 10.9 Å². The fourth-order valence-electron chi connectivity index (χ4n) is 3.02. The number of aromatic amines is 1. The number of rotatable bonds is 5. The van der Waals surface area contributed by atoms with Crippen molar-refractivity contribution in [2.24, 2.45) is 7.05 Å². The Balaban J connectivity index is 1.58. The van der Waals surface area contributed by atoms with Crippen LogP contribution >= 0.6 is 0 Å². The maximum atomic E-state index is 12.2. The van der Waals surface area contributed by atoms with Crippen LogP contribution in [0.4, 0.5) is 0 Å². The zero-order valence-corrected chi connectivity index (χ0v) is 13.8. The van der Waals surface area contributed by atoms with Gasteiger partial charge in [-0.25, -0.2) is 0 Å². The predicted octanol–water partition coefficient (Wildman–Crippen LogP) is 2.42. The van der Waals surface area contributed by atoms with E-state index in [2.05, 4.69) is 22.3 Å². The van der Waals surface area contributed by atoms with Gasteiger partial charge in [0, 0.05) is 36.4 Å². The lowest BCUT2D eigenvalue weighted by Gasteiger charge is -2.06. The molecule has 0 saturated carbocycles. The van der Waals surface area contributed by atoms with Crippen molar-refractivity contribution >= 4 is 16.8 Å². The first-order valence-corrected chi connectivity index (χ1v) is 7.87. The van der Waals surface area contributed by atoms with Crippen molar-refractivity contribution in [3.63, 3.8) is 0 Å². The van der Waals surface area contributed by atoms with Gasteiger partial charge in [-0.2, -0.15) is 5.10 Å². The van der Waals surface area contributed by atoms with Crippen molar-refractivity contribution in [3.05, 3.63) is 53.0 Å². The van der Waals surface area contributed by atoms with Gasteiger partial charge >= 0.3 is 0 Å². The van der Waals surface area contributed by atoms with E-state index < -0.39 is 0 Å². The molecule has 2 aromatic heterocycles. The minimum atomic E-state index is 0.0500. The Hall–Kier alpha value is -2.56. The summed E-state index contributed by atoms with van der Waals surface area (Å²) in [4.78, 5) is 15.4. The summed E-state index contributed by atoms with van der Waals surface area (Å²) < 4.78 is 1.89. The van der Waals surface area contributed by atoms with Crippen LogP contribution in [0.2, 0.25) is 0 Å². The Morgan fingerprint density at radius 3 is 2.83 bits per heavy atom. The van der Waals surface area contributed by atoms with Gasteiger partial charge in [0.2, 0.25) is 5.91 Å². The highest BCUT2D eigenvalue weighted by molar-refractivity contribution is 5.88. The maximum absolute atomic E-state index is 12.2. The van der Waals surface area contributed by atoms with Gasteiger partial charge in [0.15, 0.2) is 0 Å².